The first-order valence-corrected chi connectivity index (χ1v) is 23.4. The molecule has 0 N–H and O–H groups in total. The topological polar surface area (TPSA) is 0 Å². The molecule has 0 aromatic heterocycles. The number of benzene rings is 5. The summed E-state index contributed by atoms with van der Waals surface area (Å²) >= 11 is -3.87. The predicted molar refractivity (Wildman–Crippen MR) is 170 cm³/mol. The van der Waals surface area contributed by atoms with Gasteiger partial charge in [-0.3, -0.25) is 0 Å². The SMILES string of the molecule is C[Si](C)=[Ti]([CH2]c1ccccc1)([CH2]c1ccccc1)([c]1cccc2c1Cc1ccccc1-2)[CH]1C=Cc2ccccc21. The summed E-state index contributed by atoms with van der Waals surface area (Å²) in [6.07, 6.45) is 5.31. The number of hydrogen-bond donors (Lipinski definition) is 0. The van der Waals surface area contributed by atoms with Crippen molar-refractivity contribution >= 4 is 16.1 Å². The monoisotopic (exact) mass is 568 g/mol. The number of hydrogen-bond acceptors (Lipinski definition) is 0. The van der Waals surface area contributed by atoms with E-state index in [1.54, 1.807) is 15.0 Å². The van der Waals surface area contributed by atoms with Crippen molar-refractivity contribution in [2.45, 2.75) is 33.2 Å². The van der Waals surface area contributed by atoms with Crippen LogP contribution in [0, 0.1) is 0 Å². The molecule has 0 fully saturated rings. The van der Waals surface area contributed by atoms with Gasteiger partial charge >= 0.3 is 241 Å². The van der Waals surface area contributed by atoms with Gasteiger partial charge in [-0.15, -0.1) is 0 Å². The van der Waals surface area contributed by atoms with E-state index in [1.807, 2.05) is 0 Å². The Kier molecular flexibility index (Phi) is 6.43. The zero-order valence-corrected chi connectivity index (χ0v) is 26.0. The first kappa shape index (κ1) is 25.7. The summed E-state index contributed by atoms with van der Waals surface area (Å²) in [6.45, 7) is 5.34. The molecule has 2 aliphatic carbocycles. The fraction of sp³-hybridized carbons (Fsp3) is 0.158. The number of allylic oxidation sites excluding steroid dienone is 1. The summed E-state index contributed by atoms with van der Waals surface area (Å²) in [6, 6.07) is 48.7. The Balaban J connectivity index is 1.63. The fourth-order valence-electron chi connectivity index (χ4n) is 8.30. The predicted octanol–water partition coefficient (Wildman–Crippen LogP) is 8.99. The molecule has 7 rings (SSSR count). The summed E-state index contributed by atoms with van der Waals surface area (Å²) in [5, 5.41) is 0. The van der Waals surface area contributed by atoms with Gasteiger partial charge in [0, 0.05) is 0 Å². The van der Waals surface area contributed by atoms with Crippen LogP contribution in [0.1, 0.15) is 37.6 Å². The maximum atomic E-state index is 2.67. The quantitative estimate of drug-likeness (QED) is 0.176. The van der Waals surface area contributed by atoms with Crippen molar-refractivity contribution in [3.8, 4) is 11.1 Å². The van der Waals surface area contributed by atoms with E-state index in [2.05, 4.69) is 153 Å². The molecule has 1 atom stereocenters. The van der Waals surface area contributed by atoms with Crippen LogP contribution in [0.15, 0.2) is 133 Å². The molecule has 0 amide bonds. The summed E-state index contributed by atoms with van der Waals surface area (Å²) < 4.78 is 4.62. The summed E-state index contributed by atoms with van der Waals surface area (Å²) in [4.78, 5) is 0. The van der Waals surface area contributed by atoms with Gasteiger partial charge in [-0.05, 0) is 0 Å². The van der Waals surface area contributed by atoms with Crippen LogP contribution < -0.4 is 3.87 Å². The zero-order valence-electron chi connectivity index (χ0n) is 23.5. The molecule has 2 aliphatic rings. The third kappa shape index (κ3) is 3.83. The van der Waals surface area contributed by atoms with Crippen molar-refractivity contribution in [3.63, 3.8) is 0 Å². The number of rotatable bonds is 6. The second-order valence-corrected chi connectivity index (χ2v) is 32.5. The first-order chi connectivity index (χ1) is 19.6. The van der Waals surface area contributed by atoms with Gasteiger partial charge in [0.1, 0.15) is 0 Å². The van der Waals surface area contributed by atoms with Crippen molar-refractivity contribution in [1.29, 1.82) is 0 Å². The van der Waals surface area contributed by atoms with Crippen LogP contribution in [0.4, 0.5) is 0 Å². The average Bonchev–Trinajstić information content (AvgIpc) is 3.60. The maximum absolute atomic E-state index is 3.87. The zero-order chi connectivity index (χ0) is 27.2. The molecule has 5 aromatic carbocycles. The van der Waals surface area contributed by atoms with Crippen LogP contribution in [0.2, 0.25) is 13.1 Å². The van der Waals surface area contributed by atoms with Crippen molar-refractivity contribution in [2.24, 2.45) is 0 Å². The standard InChI is InChI=1S/C13H9.C9H7.2C7H7.C2H6Si.Ti/c1-3-7-12-10(5-1)9-11-6-2-4-8-13(11)12;1-2-5-9-7-3-6-8(9)4-1;2*1-7-5-3-2-4-6-7;1-3-2;/h1-5,7-8H,9H2;1-7H;2*2-6H,1H2;1-2H3;. The van der Waals surface area contributed by atoms with Crippen LogP contribution in [-0.4, -0.2) is 6.19 Å². The Hall–Kier alpha value is -3.23. The van der Waals surface area contributed by atoms with Crippen molar-refractivity contribution in [3.05, 3.63) is 167 Å². The summed E-state index contributed by atoms with van der Waals surface area (Å²) in [7, 11) is 0. The second kappa shape index (κ2) is 10.00. The van der Waals surface area contributed by atoms with Gasteiger partial charge in [-0.2, -0.15) is 0 Å². The molecule has 2 heteroatoms. The first-order valence-electron chi connectivity index (χ1n) is 14.6. The van der Waals surface area contributed by atoms with E-state index >= 15 is 0 Å². The van der Waals surface area contributed by atoms with Gasteiger partial charge in [0.05, 0.1) is 0 Å². The molecule has 40 heavy (non-hydrogen) atoms. The summed E-state index contributed by atoms with van der Waals surface area (Å²) in [5.41, 5.74) is 12.0. The molecule has 0 aliphatic heterocycles. The minimum absolute atomic E-state index is 0.465. The van der Waals surface area contributed by atoms with Gasteiger partial charge in [0.15, 0.2) is 0 Å². The Labute approximate surface area is 240 Å². The normalized spacial score (nSPS) is 15.4. The van der Waals surface area contributed by atoms with E-state index in [-0.39, 0.29) is 0 Å². The van der Waals surface area contributed by atoms with Crippen LogP contribution >= 0.6 is 0 Å². The van der Waals surface area contributed by atoms with Crippen molar-refractivity contribution in [2.75, 3.05) is 0 Å². The van der Waals surface area contributed by atoms with Crippen LogP contribution in [0.25, 0.3) is 17.2 Å². The van der Waals surface area contributed by atoms with Crippen LogP contribution in [0.5, 0.6) is 0 Å². The van der Waals surface area contributed by atoms with Gasteiger partial charge in [0.25, 0.3) is 0 Å². The van der Waals surface area contributed by atoms with E-state index in [0.29, 0.717) is 4.22 Å². The molecule has 0 radical (unpaired) electrons. The van der Waals surface area contributed by atoms with Crippen LogP contribution in [-0.2, 0) is 29.9 Å². The van der Waals surface area contributed by atoms with E-state index in [9.17, 15) is 0 Å². The Morgan fingerprint density at radius 3 is 1.93 bits per heavy atom. The summed E-state index contributed by atoms with van der Waals surface area (Å²) in [5.74, 6) is 0. The average molecular weight is 569 g/mol. The molecule has 1 unspecified atom stereocenters. The molecule has 5 aromatic rings. The van der Waals surface area contributed by atoms with Gasteiger partial charge < -0.3 is 0 Å². The Bertz CT molecular complexity index is 1780. The van der Waals surface area contributed by atoms with E-state index in [0.717, 1.165) is 6.42 Å². The number of fused-ring (bicyclic) bond motifs is 4. The fourth-order valence-corrected chi connectivity index (χ4v) is 33.0. The van der Waals surface area contributed by atoms with E-state index < -0.39 is 20.2 Å². The molecular weight excluding hydrogens is 532 g/mol. The molecule has 196 valence electrons. The van der Waals surface area contributed by atoms with E-state index in [4.69, 9.17) is 0 Å². The third-order valence-corrected chi connectivity index (χ3v) is 38.0. The van der Waals surface area contributed by atoms with Gasteiger partial charge in [-0.25, -0.2) is 0 Å². The van der Waals surface area contributed by atoms with Crippen molar-refractivity contribution < 1.29 is 14.0 Å². The molecule has 0 nitrogen and oxygen atoms in total. The molecule has 0 heterocycles. The van der Waals surface area contributed by atoms with E-state index in [1.165, 1.54) is 42.8 Å². The van der Waals surface area contributed by atoms with Crippen molar-refractivity contribution in [1.82, 2.24) is 0 Å². The molecule has 0 spiro atoms. The minimum atomic E-state index is -3.87. The molecule has 0 saturated carbocycles. The van der Waals surface area contributed by atoms with Crippen LogP contribution in [0.3, 0.4) is 0 Å². The molecular formula is C38H36SiTi. The Morgan fingerprint density at radius 1 is 0.625 bits per heavy atom. The molecule has 0 bridgehead atoms. The molecule has 0 saturated heterocycles. The van der Waals surface area contributed by atoms with Gasteiger partial charge in [-0.1, -0.05) is 0 Å². The van der Waals surface area contributed by atoms with Gasteiger partial charge in [0.2, 0.25) is 0 Å². The Morgan fingerprint density at radius 2 is 1.23 bits per heavy atom. The second-order valence-electron chi connectivity index (χ2n) is 12.2. The third-order valence-electron chi connectivity index (χ3n) is 10.2.